The van der Waals surface area contributed by atoms with Crippen molar-refractivity contribution in [3.63, 3.8) is 0 Å². The molecule has 1 saturated heterocycles. The zero-order chi connectivity index (χ0) is 19.1. The van der Waals surface area contributed by atoms with Crippen LogP contribution in [0.3, 0.4) is 0 Å². The molecule has 2 aromatic rings. The lowest BCUT2D eigenvalue weighted by atomic mass is 10.3. The lowest BCUT2D eigenvalue weighted by molar-refractivity contribution is -0.120. The van der Waals surface area contributed by atoms with Crippen molar-refractivity contribution in [1.29, 1.82) is 0 Å². The molecule has 1 fully saturated rings. The van der Waals surface area contributed by atoms with E-state index < -0.39 is 5.91 Å². The molecular formula is C17H21BrN6O3. The standard InChI is InChI=1S/C17H21BrN6O3/c18-14-3-2-13(27-14)16(26)22-12-15(25)19-6-7-23-8-10-24(11-9-23)17-20-4-1-5-21-17/h1-5H,6-12H2,(H,19,25)(H,22,26). The first-order valence-electron chi connectivity index (χ1n) is 8.66. The van der Waals surface area contributed by atoms with Crippen molar-refractivity contribution in [2.75, 3.05) is 50.7 Å². The Balaban J connectivity index is 1.30. The van der Waals surface area contributed by atoms with Crippen molar-refractivity contribution in [2.24, 2.45) is 0 Å². The number of carbonyl (C=O) groups excluding carboxylic acids is 2. The minimum Gasteiger partial charge on any atom is -0.444 e. The Morgan fingerprint density at radius 2 is 1.85 bits per heavy atom. The number of hydrogen-bond donors (Lipinski definition) is 2. The van der Waals surface area contributed by atoms with Crippen molar-refractivity contribution in [2.45, 2.75) is 0 Å². The fourth-order valence-electron chi connectivity index (χ4n) is 2.73. The number of rotatable bonds is 7. The highest BCUT2D eigenvalue weighted by Gasteiger charge is 2.18. The first kappa shape index (κ1) is 19.3. The van der Waals surface area contributed by atoms with Gasteiger partial charge < -0.3 is 20.0 Å². The molecule has 0 atom stereocenters. The number of aromatic nitrogens is 2. The average Bonchev–Trinajstić information content (AvgIpc) is 3.14. The van der Waals surface area contributed by atoms with Crippen LogP contribution in [0.25, 0.3) is 0 Å². The summed E-state index contributed by atoms with van der Waals surface area (Å²) in [5, 5.41) is 5.34. The molecule has 1 aliphatic rings. The maximum atomic E-state index is 11.9. The van der Waals surface area contributed by atoms with Crippen LogP contribution in [0.1, 0.15) is 10.6 Å². The Morgan fingerprint density at radius 3 is 2.52 bits per heavy atom. The Kier molecular flexibility index (Phi) is 6.77. The molecule has 0 aliphatic carbocycles. The predicted molar refractivity (Wildman–Crippen MR) is 102 cm³/mol. The van der Waals surface area contributed by atoms with Crippen LogP contribution < -0.4 is 15.5 Å². The highest BCUT2D eigenvalue weighted by Crippen LogP contribution is 2.13. The normalized spacial score (nSPS) is 14.8. The number of nitrogens with one attached hydrogen (secondary N) is 2. The summed E-state index contributed by atoms with van der Waals surface area (Å²) in [6.45, 7) is 4.68. The monoisotopic (exact) mass is 436 g/mol. The molecule has 0 radical (unpaired) electrons. The van der Waals surface area contributed by atoms with Gasteiger partial charge >= 0.3 is 0 Å². The van der Waals surface area contributed by atoms with E-state index in [1.165, 1.54) is 6.07 Å². The first-order chi connectivity index (χ1) is 13.1. The van der Waals surface area contributed by atoms with Gasteiger partial charge in [-0.05, 0) is 34.1 Å². The summed E-state index contributed by atoms with van der Waals surface area (Å²) in [6.07, 6.45) is 3.49. The second kappa shape index (κ2) is 9.47. The van der Waals surface area contributed by atoms with Gasteiger partial charge in [0.2, 0.25) is 11.9 Å². The lowest BCUT2D eigenvalue weighted by Crippen LogP contribution is -2.49. The number of carbonyl (C=O) groups is 2. The summed E-state index contributed by atoms with van der Waals surface area (Å²) in [4.78, 5) is 36.6. The molecule has 9 nitrogen and oxygen atoms in total. The molecular weight excluding hydrogens is 416 g/mol. The van der Waals surface area contributed by atoms with E-state index in [-0.39, 0.29) is 18.2 Å². The third kappa shape index (κ3) is 5.76. The van der Waals surface area contributed by atoms with E-state index in [4.69, 9.17) is 4.42 Å². The van der Waals surface area contributed by atoms with Crippen molar-refractivity contribution in [3.05, 3.63) is 41.0 Å². The number of furan rings is 1. The van der Waals surface area contributed by atoms with Gasteiger partial charge in [-0.3, -0.25) is 14.5 Å². The van der Waals surface area contributed by atoms with Crippen LogP contribution in [-0.4, -0.2) is 72.5 Å². The van der Waals surface area contributed by atoms with Crippen molar-refractivity contribution in [1.82, 2.24) is 25.5 Å². The van der Waals surface area contributed by atoms with Crippen LogP contribution in [-0.2, 0) is 4.79 Å². The maximum absolute atomic E-state index is 11.9. The molecule has 2 amide bonds. The zero-order valence-corrected chi connectivity index (χ0v) is 16.3. The van der Waals surface area contributed by atoms with Crippen LogP contribution in [0.15, 0.2) is 39.7 Å². The van der Waals surface area contributed by atoms with Crippen molar-refractivity contribution in [3.8, 4) is 0 Å². The SMILES string of the molecule is O=C(CNC(=O)c1ccc(Br)o1)NCCN1CCN(c2ncccn2)CC1. The largest absolute Gasteiger partial charge is 0.444 e. The summed E-state index contributed by atoms with van der Waals surface area (Å²) in [6, 6.07) is 4.97. The Morgan fingerprint density at radius 1 is 1.11 bits per heavy atom. The minimum absolute atomic E-state index is 0.0870. The van der Waals surface area contributed by atoms with Gasteiger partial charge in [-0.1, -0.05) is 0 Å². The smallest absolute Gasteiger partial charge is 0.287 e. The van der Waals surface area contributed by atoms with Gasteiger partial charge in [-0.15, -0.1) is 0 Å². The molecule has 10 heteroatoms. The number of nitrogens with zero attached hydrogens (tertiary/aromatic N) is 4. The molecule has 0 spiro atoms. The van der Waals surface area contributed by atoms with Gasteiger partial charge in [0.1, 0.15) is 0 Å². The fraction of sp³-hybridized carbons (Fsp3) is 0.412. The van der Waals surface area contributed by atoms with Crippen LogP contribution >= 0.6 is 15.9 Å². The summed E-state index contributed by atoms with van der Waals surface area (Å²) in [5.74, 6) is 0.264. The van der Waals surface area contributed by atoms with E-state index in [0.29, 0.717) is 11.2 Å². The van der Waals surface area contributed by atoms with Crippen LogP contribution in [0.4, 0.5) is 5.95 Å². The van der Waals surface area contributed by atoms with Crippen molar-refractivity contribution < 1.29 is 14.0 Å². The second-order valence-corrected chi connectivity index (χ2v) is 6.80. The molecule has 3 heterocycles. The highest BCUT2D eigenvalue weighted by atomic mass is 79.9. The number of hydrogen-bond acceptors (Lipinski definition) is 7. The van der Waals surface area contributed by atoms with Gasteiger partial charge in [0.15, 0.2) is 10.4 Å². The molecule has 0 unspecified atom stereocenters. The van der Waals surface area contributed by atoms with E-state index in [1.807, 2.05) is 0 Å². The molecule has 2 aromatic heterocycles. The number of piperazine rings is 1. The van der Waals surface area contributed by atoms with E-state index in [2.05, 4.69) is 46.3 Å². The molecule has 27 heavy (non-hydrogen) atoms. The quantitative estimate of drug-likeness (QED) is 0.650. The van der Waals surface area contributed by atoms with Crippen LogP contribution in [0, 0.1) is 0 Å². The molecule has 144 valence electrons. The van der Waals surface area contributed by atoms with Crippen molar-refractivity contribution >= 4 is 33.7 Å². The zero-order valence-electron chi connectivity index (χ0n) is 14.7. The van der Waals surface area contributed by atoms with Crippen LogP contribution in [0.2, 0.25) is 0 Å². The molecule has 2 N–H and O–H groups in total. The highest BCUT2D eigenvalue weighted by molar-refractivity contribution is 9.10. The van der Waals surface area contributed by atoms with E-state index in [0.717, 1.165) is 38.7 Å². The predicted octanol–water partition coefficient (Wildman–Crippen LogP) is 0.500. The molecule has 0 saturated carbocycles. The molecule has 0 bridgehead atoms. The Bertz CT molecular complexity index is 761. The van der Waals surface area contributed by atoms with E-state index in [1.54, 1.807) is 24.5 Å². The molecule has 0 aromatic carbocycles. The minimum atomic E-state index is -0.421. The average molecular weight is 437 g/mol. The van der Waals surface area contributed by atoms with Gasteiger partial charge in [-0.2, -0.15) is 0 Å². The topological polar surface area (TPSA) is 104 Å². The Hall–Kier alpha value is -2.46. The van der Waals surface area contributed by atoms with Gasteiger partial charge in [0.25, 0.3) is 5.91 Å². The summed E-state index contributed by atoms with van der Waals surface area (Å²) >= 11 is 3.13. The van der Waals surface area contributed by atoms with E-state index in [9.17, 15) is 9.59 Å². The van der Waals surface area contributed by atoms with Gasteiger partial charge in [0.05, 0.1) is 6.54 Å². The number of halogens is 1. The summed E-state index contributed by atoms with van der Waals surface area (Å²) in [5.41, 5.74) is 0. The Labute approximate surface area is 165 Å². The third-order valence-corrected chi connectivity index (χ3v) is 4.59. The van der Waals surface area contributed by atoms with Gasteiger partial charge in [0, 0.05) is 51.7 Å². The number of amides is 2. The summed E-state index contributed by atoms with van der Waals surface area (Å²) in [7, 11) is 0. The molecule has 1 aliphatic heterocycles. The summed E-state index contributed by atoms with van der Waals surface area (Å²) < 4.78 is 5.60. The molecule has 3 rings (SSSR count). The fourth-order valence-corrected chi connectivity index (χ4v) is 3.03. The maximum Gasteiger partial charge on any atom is 0.287 e. The second-order valence-electron chi connectivity index (χ2n) is 6.01. The number of anilines is 1. The lowest BCUT2D eigenvalue weighted by Gasteiger charge is -2.34. The van der Waals surface area contributed by atoms with Gasteiger partial charge in [-0.25, -0.2) is 9.97 Å². The van der Waals surface area contributed by atoms with Crippen LogP contribution in [0.5, 0.6) is 0 Å². The third-order valence-electron chi connectivity index (χ3n) is 4.16. The first-order valence-corrected chi connectivity index (χ1v) is 9.45. The van der Waals surface area contributed by atoms with E-state index >= 15 is 0 Å².